The van der Waals surface area contributed by atoms with Crippen molar-refractivity contribution in [1.82, 2.24) is 0 Å². The molecule has 0 aliphatic carbocycles. The summed E-state index contributed by atoms with van der Waals surface area (Å²) in [5.74, 6) is -1.21. The number of esters is 1. The molecule has 0 aromatic heterocycles. The molecule has 12 heteroatoms. The number of sulfonamides is 1. The molecule has 0 radical (unpaired) electrons. The maximum atomic E-state index is 13.5. The van der Waals surface area contributed by atoms with E-state index in [0.717, 1.165) is 18.4 Å². The van der Waals surface area contributed by atoms with Crippen LogP contribution in [0.1, 0.15) is 12.5 Å². The summed E-state index contributed by atoms with van der Waals surface area (Å²) >= 11 is 5.92. The highest BCUT2D eigenvalue weighted by Gasteiger charge is 2.35. The highest BCUT2D eigenvalue weighted by molar-refractivity contribution is 7.92. The number of ether oxygens (including phenoxy) is 2. The summed E-state index contributed by atoms with van der Waals surface area (Å²) in [6, 6.07) is 6.90. The number of alkyl halides is 3. The van der Waals surface area contributed by atoms with Crippen molar-refractivity contribution in [3.8, 4) is 11.5 Å². The average molecular weight is 467 g/mol. The molecule has 7 nitrogen and oxygen atoms in total. The van der Waals surface area contributed by atoms with Gasteiger partial charge in [-0.2, -0.15) is 13.2 Å². The molecule has 0 saturated carbocycles. The number of anilines is 2. The van der Waals surface area contributed by atoms with Gasteiger partial charge >= 0.3 is 12.1 Å². The lowest BCUT2D eigenvalue weighted by Crippen LogP contribution is -2.17. The molecule has 0 atom stereocenters. The van der Waals surface area contributed by atoms with Gasteiger partial charge in [-0.25, -0.2) is 8.42 Å². The van der Waals surface area contributed by atoms with Crippen LogP contribution in [0.5, 0.6) is 11.5 Å². The Labute approximate surface area is 176 Å². The van der Waals surface area contributed by atoms with Gasteiger partial charge in [-0.05, 0) is 37.3 Å². The van der Waals surface area contributed by atoms with Crippen LogP contribution in [0, 0.1) is 0 Å². The zero-order chi connectivity index (χ0) is 22.5. The highest BCUT2D eigenvalue weighted by Crippen LogP contribution is 2.41. The Morgan fingerprint density at radius 1 is 1.13 bits per heavy atom. The molecule has 0 unspecified atom stereocenters. The van der Waals surface area contributed by atoms with E-state index in [1.165, 1.54) is 18.2 Å². The Morgan fingerprint density at radius 3 is 2.43 bits per heavy atom. The Kier molecular flexibility index (Phi) is 7.43. The summed E-state index contributed by atoms with van der Waals surface area (Å²) in [6.07, 6.45) is -4.01. The summed E-state index contributed by atoms with van der Waals surface area (Å²) in [4.78, 5) is 11.5. The number of carbonyl (C=O) groups is 1. The van der Waals surface area contributed by atoms with Crippen LogP contribution in [0.25, 0.3) is 0 Å². The second-order valence-electron chi connectivity index (χ2n) is 5.98. The smallest absolute Gasteiger partial charge is 0.420 e. The summed E-state index contributed by atoms with van der Waals surface area (Å²) in [6.45, 7) is 1.57. The number of benzene rings is 2. The summed E-state index contributed by atoms with van der Waals surface area (Å²) in [5, 5.41) is 2.91. The van der Waals surface area contributed by atoms with Crippen LogP contribution >= 0.6 is 11.6 Å². The monoisotopic (exact) mass is 466 g/mol. The maximum Gasteiger partial charge on any atom is 0.420 e. The molecule has 2 aromatic carbocycles. The summed E-state index contributed by atoms with van der Waals surface area (Å²) in [5.41, 5.74) is -1.27. The minimum atomic E-state index is -4.83. The molecule has 164 valence electrons. The largest absolute Gasteiger partial charge is 0.465 e. The predicted molar refractivity (Wildman–Crippen MR) is 107 cm³/mol. The van der Waals surface area contributed by atoms with E-state index in [2.05, 4.69) is 5.32 Å². The van der Waals surface area contributed by atoms with E-state index in [-0.39, 0.29) is 35.3 Å². The maximum absolute atomic E-state index is 13.5. The molecule has 2 aromatic rings. The molecule has 0 fully saturated rings. The minimum Gasteiger partial charge on any atom is -0.465 e. The molecule has 2 rings (SSSR count). The summed E-state index contributed by atoms with van der Waals surface area (Å²) < 4.78 is 75.4. The van der Waals surface area contributed by atoms with Gasteiger partial charge in [-0.3, -0.25) is 9.52 Å². The van der Waals surface area contributed by atoms with Crippen molar-refractivity contribution in [3.05, 3.63) is 47.0 Å². The second kappa shape index (κ2) is 9.43. The van der Waals surface area contributed by atoms with Gasteiger partial charge < -0.3 is 14.8 Å². The number of nitrogens with one attached hydrogen (secondary N) is 2. The van der Waals surface area contributed by atoms with Gasteiger partial charge in [0.25, 0.3) is 0 Å². The topological polar surface area (TPSA) is 93.7 Å². The van der Waals surface area contributed by atoms with Gasteiger partial charge in [0, 0.05) is 16.8 Å². The summed E-state index contributed by atoms with van der Waals surface area (Å²) in [7, 11) is -3.77. The van der Waals surface area contributed by atoms with Gasteiger partial charge in [0.1, 0.15) is 17.9 Å². The molecule has 0 spiro atoms. The van der Waals surface area contributed by atoms with Crippen LogP contribution < -0.4 is 14.8 Å². The number of hydrogen-bond acceptors (Lipinski definition) is 6. The highest BCUT2D eigenvalue weighted by atomic mass is 35.5. The molecular formula is C18H18ClF3N2O5S. The van der Waals surface area contributed by atoms with Crippen LogP contribution in [0.3, 0.4) is 0 Å². The zero-order valence-electron chi connectivity index (χ0n) is 15.8. The van der Waals surface area contributed by atoms with Crippen LogP contribution in [0.2, 0.25) is 5.02 Å². The molecule has 2 N–H and O–H groups in total. The first-order valence-corrected chi connectivity index (χ1v) is 10.7. The van der Waals surface area contributed by atoms with Crippen molar-refractivity contribution < 1.29 is 35.9 Å². The quantitative estimate of drug-likeness (QED) is 0.556. The predicted octanol–water partition coefficient (Wildman–Crippen LogP) is 4.50. The first-order valence-electron chi connectivity index (χ1n) is 8.45. The van der Waals surface area contributed by atoms with E-state index < -0.39 is 33.5 Å². The molecule has 0 saturated heterocycles. The first kappa shape index (κ1) is 23.6. The van der Waals surface area contributed by atoms with E-state index in [4.69, 9.17) is 21.1 Å². The van der Waals surface area contributed by atoms with Crippen molar-refractivity contribution >= 4 is 39.0 Å². The van der Waals surface area contributed by atoms with E-state index in [9.17, 15) is 26.4 Å². The van der Waals surface area contributed by atoms with E-state index >= 15 is 0 Å². The van der Waals surface area contributed by atoms with Gasteiger partial charge in [-0.15, -0.1) is 0 Å². The van der Waals surface area contributed by atoms with Gasteiger partial charge in [0.05, 0.1) is 18.6 Å². The number of halogens is 4. The zero-order valence-corrected chi connectivity index (χ0v) is 17.4. The van der Waals surface area contributed by atoms with Gasteiger partial charge in [-0.1, -0.05) is 11.6 Å². The van der Waals surface area contributed by atoms with Gasteiger partial charge in [0.15, 0.2) is 5.75 Å². The third kappa shape index (κ3) is 6.99. The third-order valence-corrected chi connectivity index (χ3v) is 4.32. The average Bonchev–Trinajstić information content (AvgIpc) is 2.60. The van der Waals surface area contributed by atoms with Crippen LogP contribution in [0.15, 0.2) is 36.4 Å². The van der Waals surface area contributed by atoms with Crippen molar-refractivity contribution in [3.63, 3.8) is 0 Å². The fraction of sp³-hybridized carbons (Fsp3) is 0.278. The normalized spacial score (nSPS) is 11.7. The number of hydrogen-bond donors (Lipinski definition) is 2. The second-order valence-corrected chi connectivity index (χ2v) is 8.17. The Bertz CT molecular complexity index is 1030. The molecule has 0 aliphatic heterocycles. The van der Waals surface area contributed by atoms with Crippen LogP contribution in [0.4, 0.5) is 24.5 Å². The standard InChI is InChI=1S/C18H18ClF3N2O5S/c1-3-28-17(25)10-23-14-6-4-11(19)8-16(14)29-15-7-5-12(24-30(2,26)27)9-13(15)18(20,21)22/h4-9,23-24H,3,10H2,1-2H3. The molecular weight excluding hydrogens is 449 g/mol. The van der Waals surface area contributed by atoms with Crippen LogP contribution in [-0.4, -0.2) is 33.8 Å². The first-order chi connectivity index (χ1) is 13.9. The molecule has 0 aliphatic rings. The van der Waals surface area contributed by atoms with E-state index in [1.807, 2.05) is 4.72 Å². The van der Waals surface area contributed by atoms with Crippen molar-refractivity contribution in [1.29, 1.82) is 0 Å². The van der Waals surface area contributed by atoms with Crippen molar-refractivity contribution in [2.45, 2.75) is 13.1 Å². The molecule has 30 heavy (non-hydrogen) atoms. The number of rotatable bonds is 8. The lowest BCUT2D eigenvalue weighted by Gasteiger charge is -2.18. The lowest BCUT2D eigenvalue weighted by atomic mass is 10.1. The Balaban J connectivity index is 2.39. The molecule has 0 bridgehead atoms. The number of carbonyl (C=O) groups excluding carboxylic acids is 1. The lowest BCUT2D eigenvalue weighted by molar-refractivity contribution is -0.141. The minimum absolute atomic E-state index is 0.0684. The fourth-order valence-electron chi connectivity index (χ4n) is 2.34. The molecule has 0 heterocycles. The van der Waals surface area contributed by atoms with Gasteiger partial charge in [0.2, 0.25) is 10.0 Å². The van der Waals surface area contributed by atoms with Crippen molar-refractivity contribution in [2.75, 3.05) is 29.4 Å². The Hall–Kier alpha value is -2.66. The Morgan fingerprint density at radius 2 is 1.83 bits per heavy atom. The molecule has 0 amide bonds. The van der Waals surface area contributed by atoms with E-state index in [1.54, 1.807) is 6.92 Å². The van der Waals surface area contributed by atoms with E-state index in [0.29, 0.717) is 6.07 Å². The fourth-order valence-corrected chi connectivity index (χ4v) is 3.06. The van der Waals surface area contributed by atoms with Crippen molar-refractivity contribution in [2.24, 2.45) is 0 Å². The third-order valence-electron chi connectivity index (χ3n) is 3.48. The SMILES string of the molecule is CCOC(=O)CNc1ccc(Cl)cc1Oc1ccc(NS(C)(=O)=O)cc1C(F)(F)F. The van der Waals surface area contributed by atoms with Crippen LogP contribution in [-0.2, 0) is 25.7 Å².